The van der Waals surface area contributed by atoms with Crippen LogP contribution in [0.25, 0.3) is 0 Å². The third kappa shape index (κ3) is 3.41. The van der Waals surface area contributed by atoms with E-state index in [1.165, 1.54) is 11.3 Å². The molecule has 1 saturated heterocycles. The molecule has 0 radical (unpaired) electrons. The van der Waals surface area contributed by atoms with Crippen LogP contribution in [0.4, 0.5) is 0 Å². The SMILES string of the molecule is Cc1cc(CN(C(=O)CCl)[C@H]2COC[C@@H]2O)sc1Cl. The van der Waals surface area contributed by atoms with Crippen molar-refractivity contribution in [2.45, 2.75) is 25.6 Å². The highest BCUT2D eigenvalue weighted by Crippen LogP contribution is 2.29. The van der Waals surface area contributed by atoms with Crippen LogP contribution in [0, 0.1) is 6.92 Å². The molecular formula is C12H15Cl2NO3S. The number of ether oxygens (including phenoxy) is 1. The van der Waals surface area contributed by atoms with E-state index in [-0.39, 0.29) is 24.4 Å². The fourth-order valence-corrected chi connectivity index (χ4v) is 3.46. The third-order valence-electron chi connectivity index (χ3n) is 3.09. The minimum atomic E-state index is -0.663. The minimum Gasteiger partial charge on any atom is -0.388 e. The molecule has 1 amide bonds. The van der Waals surface area contributed by atoms with E-state index in [1.54, 1.807) is 4.90 Å². The van der Waals surface area contributed by atoms with E-state index >= 15 is 0 Å². The van der Waals surface area contributed by atoms with Crippen molar-refractivity contribution in [2.24, 2.45) is 0 Å². The zero-order valence-electron chi connectivity index (χ0n) is 10.4. The molecule has 106 valence electrons. The highest BCUT2D eigenvalue weighted by molar-refractivity contribution is 7.16. The van der Waals surface area contributed by atoms with Gasteiger partial charge in [-0.3, -0.25) is 4.79 Å². The van der Waals surface area contributed by atoms with Crippen LogP contribution >= 0.6 is 34.5 Å². The van der Waals surface area contributed by atoms with Crippen LogP contribution < -0.4 is 0 Å². The van der Waals surface area contributed by atoms with Crippen molar-refractivity contribution in [1.82, 2.24) is 4.90 Å². The smallest absolute Gasteiger partial charge is 0.238 e. The maximum atomic E-state index is 11.9. The van der Waals surface area contributed by atoms with Gasteiger partial charge in [0.15, 0.2) is 0 Å². The quantitative estimate of drug-likeness (QED) is 0.863. The number of carbonyl (C=O) groups is 1. The Kier molecular flexibility index (Phi) is 5.09. The first kappa shape index (κ1) is 15.1. The Hall–Kier alpha value is -0.330. The number of nitrogens with zero attached hydrogens (tertiary/aromatic N) is 1. The summed E-state index contributed by atoms with van der Waals surface area (Å²) in [5.41, 5.74) is 0.989. The molecule has 7 heteroatoms. The van der Waals surface area contributed by atoms with Crippen LogP contribution in [0.1, 0.15) is 10.4 Å². The molecule has 1 aromatic rings. The fourth-order valence-electron chi connectivity index (χ4n) is 2.07. The number of aryl methyl sites for hydroxylation is 1. The highest BCUT2D eigenvalue weighted by atomic mass is 35.5. The maximum Gasteiger partial charge on any atom is 0.238 e. The lowest BCUT2D eigenvalue weighted by Gasteiger charge is -2.29. The molecule has 0 unspecified atom stereocenters. The summed E-state index contributed by atoms with van der Waals surface area (Å²) in [6.07, 6.45) is -0.663. The zero-order chi connectivity index (χ0) is 14.0. The molecule has 1 fully saturated rings. The molecule has 2 rings (SSSR count). The van der Waals surface area contributed by atoms with Gasteiger partial charge in [0, 0.05) is 4.88 Å². The standard InChI is InChI=1S/C12H15Cl2NO3S/c1-7-2-8(19-12(7)14)4-15(11(17)3-13)9-5-18-6-10(9)16/h2,9-10,16H,3-6H2,1H3/t9-,10-/m0/s1. The number of alkyl halides is 1. The van der Waals surface area contributed by atoms with E-state index in [4.69, 9.17) is 27.9 Å². The summed E-state index contributed by atoms with van der Waals surface area (Å²) in [5.74, 6) is -0.320. The minimum absolute atomic E-state index is 0.110. The van der Waals surface area contributed by atoms with E-state index in [9.17, 15) is 9.90 Å². The second kappa shape index (κ2) is 6.41. The van der Waals surface area contributed by atoms with Crippen LogP contribution in [0.5, 0.6) is 0 Å². The Bertz CT molecular complexity index is 446. The molecule has 0 spiro atoms. The monoisotopic (exact) mass is 323 g/mol. The lowest BCUT2D eigenvalue weighted by atomic mass is 10.1. The summed E-state index contributed by atoms with van der Waals surface area (Å²) in [4.78, 5) is 14.5. The van der Waals surface area contributed by atoms with E-state index in [0.29, 0.717) is 13.2 Å². The molecule has 1 N–H and O–H groups in total. The van der Waals surface area contributed by atoms with Gasteiger partial charge in [-0.25, -0.2) is 0 Å². The van der Waals surface area contributed by atoms with Crippen molar-refractivity contribution in [3.05, 3.63) is 20.8 Å². The third-order valence-corrected chi connectivity index (χ3v) is 4.86. The normalized spacial score (nSPS) is 22.7. The highest BCUT2D eigenvalue weighted by Gasteiger charge is 2.34. The molecule has 1 aliphatic rings. The van der Waals surface area contributed by atoms with E-state index in [0.717, 1.165) is 14.8 Å². The molecule has 1 aromatic heterocycles. The molecule has 2 atom stereocenters. The van der Waals surface area contributed by atoms with Gasteiger partial charge >= 0.3 is 0 Å². The molecule has 0 aromatic carbocycles. The van der Waals surface area contributed by atoms with Crippen molar-refractivity contribution in [3.8, 4) is 0 Å². The average molecular weight is 324 g/mol. The number of rotatable bonds is 4. The second-order valence-corrected chi connectivity index (χ2v) is 6.50. The van der Waals surface area contributed by atoms with Gasteiger partial charge in [-0.1, -0.05) is 11.6 Å². The summed E-state index contributed by atoms with van der Waals surface area (Å²) in [7, 11) is 0. The Morgan fingerprint density at radius 1 is 1.63 bits per heavy atom. The first-order valence-electron chi connectivity index (χ1n) is 5.89. The van der Waals surface area contributed by atoms with Gasteiger partial charge in [0.1, 0.15) is 5.88 Å². The number of amides is 1. The van der Waals surface area contributed by atoms with Gasteiger partial charge < -0.3 is 14.7 Å². The number of halogens is 2. The second-order valence-electron chi connectivity index (χ2n) is 4.50. The number of aliphatic hydroxyl groups is 1. The lowest BCUT2D eigenvalue weighted by Crippen LogP contribution is -2.46. The van der Waals surface area contributed by atoms with E-state index in [1.807, 2.05) is 13.0 Å². The summed E-state index contributed by atoms with van der Waals surface area (Å²) in [5, 5.41) is 9.86. The summed E-state index contributed by atoms with van der Waals surface area (Å²) >= 11 is 13.1. The Morgan fingerprint density at radius 2 is 2.37 bits per heavy atom. The van der Waals surface area contributed by atoms with Crippen molar-refractivity contribution >= 4 is 40.4 Å². The van der Waals surface area contributed by atoms with Crippen molar-refractivity contribution in [3.63, 3.8) is 0 Å². The van der Waals surface area contributed by atoms with Gasteiger partial charge in [-0.15, -0.1) is 22.9 Å². The molecular weight excluding hydrogens is 309 g/mol. The molecule has 4 nitrogen and oxygen atoms in total. The molecule has 1 aliphatic heterocycles. The van der Waals surface area contributed by atoms with Crippen molar-refractivity contribution < 1.29 is 14.6 Å². The molecule has 2 heterocycles. The van der Waals surface area contributed by atoms with Gasteiger partial charge in [0.2, 0.25) is 5.91 Å². The fraction of sp³-hybridized carbons (Fsp3) is 0.583. The number of hydrogen-bond acceptors (Lipinski definition) is 4. The predicted molar refractivity (Wildman–Crippen MR) is 75.9 cm³/mol. The molecule has 19 heavy (non-hydrogen) atoms. The van der Waals surface area contributed by atoms with Crippen LogP contribution in [-0.4, -0.2) is 47.2 Å². The van der Waals surface area contributed by atoms with Crippen LogP contribution in [0.2, 0.25) is 4.34 Å². The van der Waals surface area contributed by atoms with Crippen LogP contribution in [-0.2, 0) is 16.1 Å². The largest absolute Gasteiger partial charge is 0.388 e. The van der Waals surface area contributed by atoms with Gasteiger partial charge in [0.25, 0.3) is 0 Å². The first-order valence-corrected chi connectivity index (χ1v) is 7.62. The average Bonchev–Trinajstić information content (AvgIpc) is 2.93. The van der Waals surface area contributed by atoms with E-state index < -0.39 is 6.10 Å². The van der Waals surface area contributed by atoms with Gasteiger partial charge in [-0.2, -0.15) is 0 Å². The van der Waals surface area contributed by atoms with Gasteiger partial charge in [0.05, 0.1) is 36.2 Å². The number of thiophene rings is 1. The van der Waals surface area contributed by atoms with E-state index in [2.05, 4.69) is 0 Å². The number of aliphatic hydroxyl groups excluding tert-OH is 1. The van der Waals surface area contributed by atoms with Crippen molar-refractivity contribution in [2.75, 3.05) is 19.1 Å². The lowest BCUT2D eigenvalue weighted by molar-refractivity contribution is -0.133. The zero-order valence-corrected chi connectivity index (χ0v) is 12.8. The first-order chi connectivity index (χ1) is 9.02. The summed E-state index contributed by atoms with van der Waals surface area (Å²) in [6, 6.07) is 1.61. The molecule has 0 saturated carbocycles. The number of carbonyl (C=O) groups excluding carboxylic acids is 1. The Morgan fingerprint density at radius 3 is 2.84 bits per heavy atom. The topological polar surface area (TPSA) is 49.8 Å². The summed E-state index contributed by atoms with van der Waals surface area (Å²) in [6.45, 7) is 2.90. The Labute approximate surface area is 125 Å². The number of hydrogen-bond donors (Lipinski definition) is 1. The molecule has 0 aliphatic carbocycles. The van der Waals surface area contributed by atoms with Crippen LogP contribution in [0.3, 0.4) is 0 Å². The van der Waals surface area contributed by atoms with Gasteiger partial charge in [-0.05, 0) is 18.6 Å². The van der Waals surface area contributed by atoms with Crippen molar-refractivity contribution in [1.29, 1.82) is 0 Å². The van der Waals surface area contributed by atoms with Crippen LogP contribution in [0.15, 0.2) is 6.07 Å². The maximum absolute atomic E-state index is 11.9. The summed E-state index contributed by atoms with van der Waals surface area (Å²) < 4.78 is 5.92. The predicted octanol–water partition coefficient (Wildman–Crippen LogP) is 2.04. The molecule has 0 bridgehead atoms. The Balaban J connectivity index is 2.16.